The van der Waals surface area contributed by atoms with Gasteiger partial charge < -0.3 is 14.2 Å². The molecular formula is C20H31NO4S. The predicted molar refractivity (Wildman–Crippen MR) is 106 cm³/mol. The molecule has 5 nitrogen and oxygen atoms in total. The van der Waals surface area contributed by atoms with Crippen LogP contribution in [0, 0.1) is 0 Å². The lowest BCUT2D eigenvalue weighted by atomic mass is 10.1. The maximum atomic E-state index is 11.8. The molecule has 26 heavy (non-hydrogen) atoms. The second-order valence-electron chi connectivity index (χ2n) is 7.95. The predicted octanol–water partition coefficient (Wildman–Crippen LogP) is 4.07. The molecule has 146 valence electrons. The average molecular weight is 382 g/mol. The van der Waals surface area contributed by atoms with E-state index in [1.807, 2.05) is 46.8 Å². The minimum absolute atomic E-state index is 0.0254. The van der Waals surface area contributed by atoms with E-state index in [1.165, 1.54) is 5.56 Å². The third-order valence-corrected chi connectivity index (χ3v) is 5.31. The highest BCUT2D eigenvalue weighted by Crippen LogP contribution is 2.23. The number of hydrogen-bond acceptors (Lipinski definition) is 4. The van der Waals surface area contributed by atoms with Crippen LogP contribution in [0.2, 0.25) is 0 Å². The summed E-state index contributed by atoms with van der Waals surface area (Å²) in [5.41, 5.74) is 1.25. The fourth-order valence-corrected chi connectivity index (χ4v) is 3.02. The Morgan fingerprint density at radius 1 is 1.31 bits per heavy atom. The van der Waals surface area contributed by atoms with Gasteiger partial charge >= 0.3 is 0 Å². The SMILES string of the molecule is CC1(C)OC[C@@H](COc2ccc(CCC/C=N/S(=O)C(C)(C)C)cc2)O1. The van der Waals surface area contributed by atoms with E-state index in [-0.39, 0.29) is 10.9 Å². The summed E-state index contributed by atoms with van der Waals surface area (Å²) in [6.45, 7) is 10.7. The van der Waals surface area contributed by atoms with Gasteiger partial charge in [-0.15, -0.1) is 0 Å². The number of unbranched alkanes of at least 4 members (excludes halogenated alkanes) is 1. The van der Waals surface area contributed by atoms with Crippen molar-refractivity contribution < 1.29 is 18.4 Å². The molecule has 1 saturated heterocycles. The molecule has 1 heterocycles. The van der Waals surface area contributed by atoms with E-state index in [1.54, 1.807) is 6.21 Å². The van der Waals surface area contributed by atoms with Crippen LogP contribution in [-0.4, -0.2) is 40.3 Å². The number of hydrogen-bond donors (Lipinski definition) is 0. The molecule has 0 saturated carbocycles. The average Bonchev–Trinajstić information content (AvgIpc) is 2.92. The van der Waals surface area contributed by atoms with E-state index in [0.717, 1.165) is 25.0 Å². The lowest BCUT2D eigenvalue weighted by Gasteiger charge is -2.17. The largest absolute Gasteiger partial charge is 0.491 e. The zero-order valence-electron chi connectivity index (χ0n) is 16.5. The van der Waals surface area contributed by atoms with Crippen molar-refractivity contribution in [1.82, 2.24) is 0 Å². The van der Waals surface area contributed by atoms with E-state index >= 15 is 0 Å². The van der Waals surface area contributed by atoms with Crippen LogP contribution in [0.3, 0.4) is 0 Å². The highest BCUT2D eigenvalue weighted by molar-refractivity contribution is 7.85. The normalized spacial score (nSPS) is 21.2. The Morgan fingerprint density at radius 2 is 2.00 bits per heavy atom. The third-order valence-electron chi connectivity index (χ3n) is 3.92. The van der Waals surface area contributed by atoms with E-state index < -0.39 is 16.8 Å². The smallest absolute Gasteiger partial charge is 0.163 e. The van der Waals surface area contributed by atoms with E-state index in [2.05, 4.69) is 16.5 Å². The van der Waals surface area contributed by atoms with Crippen molar-refractivity contribution in [2.45, 2.75) is 70.5 Å². The molecule has 6 heteroatoms. The zero-order valence-corrected chi connectivity index (χ0v) is 17.3. The Kier molecular flexibility index (Phi) is 7.38. The molecule has 1 unspecified atom stereocenters. The molecule has 1 aromatic rings. The molecule has 1 aliphatic rings. The van der Waals surface area contributed by atoms with Gasteiger partial charge in [0.25, 0.3) is 0 Å². The van der Waals surface area contributed by atoms with Crippen molar-refractivity contribution in [2.75, 3.05) is 13.2 Å². The van der Waals surface area contributed by atoms with Crippen LogP contribution < -0.4 is 4.74 Å². The van der Waals surface area contributed by atoms with Crippen molar-refractivity contribution in [3.8, 4) is 5.75 Å². The first-order valence-electron chi connectivity index (χ1n) is 9.14. The van der Waals surface area contributed by atoms with Gasteiger partial charge in [-0.2, -0.15) is 4.40 Å². The number of aryl methyl sites for hydroxylation is 1. The second-order valence-corrected chi connectivity index (χ2v) is 9.88. The third kappa shape index (κ3) is 7.17. The number of nitrogens with zero attached hydrogens (tertiary/aromatic N) is 1. The molecule has 0 aliphatic carbocycles. The van der Waals surface area contributed by atoms with Crippen LogP contribution >= 0.6 is 0 Å². The molecule has 2 atom stereocenters. The lowest BCUT2D eigenvalue weighted by Crippen LogP contribution is -2.25. The van der Waals surface area contributed by atoms with Crippen molar-refractivity contribution in [1.29, 1.82) is 0 Å². The lowest BCUT2D eigenvalue weighted by molar-refractivity contribution is -0.141. The molecule has 0 radical (unpaired) electrons. The fourth-order valence-electron chi connectivity index (χ4n) is 2.46. The number of rotatable bonds is 8. The summed E-state index contributed by atoms with van der Waals surface area (Å²) in [5.74, 6) is 0.324. The summed E-state index contributed by atoms with van der Waals surface area (Å²) < 4.78 is 32.7. The molecule has 1 aromatic carbocycles. The molecule has 0 N–H and O–H groups in total. The Morgan fingerprint density at radius 3 is 2.58 bits per heavy atom. The number of benzene rings is 1. The quantitative estimate of drug-likeness (QED) is 0.503. The Hall–Kier alpha value is -1.24. The molecule has 0 bridgehead atoms. The summed E-state index contributed by atoms with van der Waals surface area (Å²) in [6, 6.07) is 8.13. The van der Waals surface area contributed by atoms with Gasteiger partial charge in [0.05, 0.1) is 11.4 Å². The summed E-state index contributed by atoms with van der Waals surface area (Å²) >= 11 is 0. The van der Waals surface area contributed by atoms with Crippen molar-refractivity contribution in [3.63, 3.8) is 0 Å². The maximum Gasteiger partial charge on any atom is 0.163 e. The van der Waals surface area contributed by atoms with E-state index in [0.29, 0.717) is 13.2 Å². The van der Waals surface area contributed by atoms with Crippen LogP contribution in [0.4, 0.5) is 0 Å². The Labute approximate surface area is 159 Å². The molecule has 1 aliphatic heterocycles. The van der Waals surface area contributed by atoms with Crippen molar-refractivity contribution >= 4 is 17.2 Å². The molecule has 2 rings (SSSR count). The second kappa shape index (κ2) is 9.11. The minimum atomic E-state index is -1.16. The first kappa shape index (κ1) is 21.1. The van der Waals surface area contributed by atoms with Gasteiger partial charge in [0.1, 0.15) is 29.4 Å². The van der Waals surface area contributed by atoms with Gasteiger partial charge in [-0.25, -0.2) is 4.21 Å². The summed E-state index contributed by atoms with van der Waals surface area (Å²) in [4.78, 5) is 0. The Bertz CT molecular complexity index is 620. The van der Waals surface area contributed by atoms with Gasteiger partial charge in [0.15, 0.2) is 5.79 Å². The van der Waals surface area contributed by atoms with Crippen molar-refractivity contribution in [2.24, 2.45) is 4.40 Å². The van der Waals surface area contributed by atoms with Gasteiger partial charge in [0, 0.05) is 6.21 Å². The molecule has 0 amide bonds. The first-order chi connectivity index (χ1) is 12.2. The van der Waals surface area contributed by atoms with Gasteiger partial charge in [-0.05, 0) is 71.6 Å². The number of ether oxygens (including phenoxy) is 3. The van der Waals surface area contributed by atoms with Crippen LogP contribution in [0.15, 0.2) is 28.7 Å². The first-order valence-corrected chi connectivity index (χ1v) is 10.2. The van der Waals surface area contributed by atoms with E-state index in [4.69, 9.17) is 14.2 Å². The maximum absolute atomic E-state index is 11.8. The highest BCUT2D eigenvalue weighted by atomic mass is 32.2. The highest BCUT2D eigenvalue weighted by Gasteiger charge is 2.32. The Balaban J connectivity index is 1.68. The van der Waals surface area contributed by atoms with Crippen LogP contribution in [-0.2, 0) is 26.9 Å². The summed E-state index contributed by atoms with van der Waals surface area (Å²) in [6.07, 6.45) is 4.52. The van der Waals surface area contributed by atoms with Crippen molar-refractivity contribution in [3.05, 3.63) is 29.8 Å². The summed E-state index contributed by atoms with van der Waals surface area (Å²) in [7, 11) is -1.16. The standard InChI is InChI=1S/C20H31NO4S/c1-19(2,3)26(22)21-13-7-6-8-16-9-11-17(12-10-16)23-14-18-15-24-20(4,5)25-18/h9-13,18H,6-8,14-15H2,1-5H3/b21-13+/t18-,26?/m1/s1. The van der Waals surface area contributed by atoms with Crippen LogP contribution in [0.1, 0.15) is 53.0 Å². The van der Waals surface area contributed by atoms with Crippen LogP contribution in [0.25, 0.3) is 0 Å². The summed E-state index contributed by atoms with van der Waals surface area (Å²) in [5, 5.41) is 0. The molecular weight excluding hydrogens is 350 g/mol. The van der Waals surface area contributed by atoms with E-state index in [9.17, 15) is 4.21 Å². The minimum Gasteiger partial charge on any atom is -0.491 e. The van der Waals surface area contributed by atoms with Gasteiger partial charge in [0.2, 0.25) is 0 Å². The van der Waals surface area contributed by atoms with Crippen LogP contribution in [0.5, 0.6) is 5.75 Å². The molecule has 0 aromatic heterocycles. The van der Waals surface area contributed by atoms with Gasteiger partial charge in [-0.3, -0.25) is 0 Å². The molecule has 1 fully saturated rings. The van der Waals surface area contributed by atoms with Gasteiger partial charge in [-0.1, -0.05) is 12.1 Å². The fraction of sp³-hybridized carbons (Fsp3) is 0.650. The molecule has 0 spiro atoms. The monoisotopic (exact) mass is 381 g/mol. The topological polar surface area (TPSA) is 57.1 Å². The zero-order chi connectivity index (χ0) is 19.2.